The van der Waals surface area contributed by atoms with Gasteiger partial charge in [-0.1, -0.05) is 0 Å². The quantitative estimate of drug-likeness (QED) is 0.464. The van der Waals surface area contributed by atoms with Crippen LogP contribution in [0, 0.1) is 12.7 Å². The summed E-state index contributed by atoms with van der Waals surface area (Å²) in [6.07, 6.45) is 1.78. The third kappa shape index (κ3) is 4.83. The lowest BCUT2D eigenvalue weighted by atomic mass is 10.2. The van der Waals surface area contributed by atoms with Crippen molar-refractivity contribution >= 4 is 23.5 Å². The summed E-state index contributed by atoms with van der Waals surface area (Å²) in [6.45, 7) is 6.65. The molecule has 2 N–H and O–H groups in total. The first-order valence-electron chi connectivity index (χ1n) is 10.6. The van der Waals surface area contributed by atoms with Gasteiger partial charge in [0.2, 0.25) is 0 Å². The Morgan fingerprint density at radius 2 is 1.91 bits per heavy atom. The van der Waals surface area contributed by atoms with Crippen LogP contribution in [-0.2, 0) is 4.79 Å². The minimum Gasteiger partial charge on any atom is -0.483 e. The maximum atomic E-state index is 13.5. The van der Waals surface area contributed by atoms with E-state index in [0.29, 0.717) is 6.04 Å². The van der Waals surface area contributed by atoms with Gasteiger partial charge in [-0.15, -0.1) is 0 Å². The zero-order valence-electron chi connectivity index (χ0n) is 18.4. The number of benzene rings is 1. The number of fused-ring (bicyclic) bond motifs is 1. The van der Waals surface area contributed by atoms with Crippen molar-refractivity contribution in [3.05, 3.63) is 66.2 Å². The van der Waals surface area contributed by atoms with Gasteiger partial charge in [-0.3, -0.25) is 14.3 Å². The summed E-state index contributed by atoms with van der Waals surface area (Å²) in [6, 6.07) is 14.8. The Labute approximate surface area is 190 Å². The topological polar surface area (TPSA) is 96.2 Å². The van der Waals surface area contributed by atoms with Crippen LogP contribution in [0.25, 0.3) is 28.2 Å². The highest BCUT2D eigenvalue weighted by atomic mass is 19.1. The lowest BCUT2D eigenvalue weighted by Gasteiger charge is -2.32. The van der Waals surface area contributed by atoms with Gasteiger partial charge in [0, 0.05) is 43.1 Å². The zero-order chi connectivity index (χ0) is 23.4. The summed E-state index contributed by atoms with van der Waals surface area (Å²) >= 11 is 0. The number of carboxylic acid groups (broad SMARTS) is 1. The number of piperazine rings is 1. The zero-order valence-corrected chi connectivity index (χ0v) is 18.4. The minimum absolute atomic E-state index is 0.250. The fourth-order valence-corrected chi connectivity index (χ4v) is 3.97. The summed E-state index contributed by atoms with van der Waals surface area (Å²) in [5, 5.41) is 10.4. The number of imidazole rings is 1. The second kappa shape index (κ2) is 9.74. The molecular weight excluding hydrogens is 423 g/mol. The van der Waals surface area contributed by atoms with Gasteiger partial charge in [0.1, 0.15) is 23.0 Å². The summed E-state index contributed by atoms with van der Waals surface area (Å²) in [7, 11) is 0. The fourth-order valence-electron chi connectivity index (χ4n) is 3.97. The average molecular weight is 449 g/mol. The van der Waals surface area contributed by atoms with Gasteiger partial charge in [0.05, 0.1) is 5.69 Å². The third-order valence-corrected chi connectivity index (χ3v) is 5.42. The first-order valence-corrected chi connectivity index (χ1v) is 10.6. The molecule has 0 unspecified atom stereocenters. The predicted octanol–water partition coefficient (Wildman–Crippen LogP) is 3.43. The Morgan fingerprint density at radius 1 is 1.15 bits per heavy atom. The first-order chi connectivity index (χ1) is 16.0. The number of anilines is 1. The number of hydrogen-bond acceptors (Lipinski definition) is 6. The van der Waals surface area contributed by atoms with E-state index < -0.39 is 0 Å². The Hall–Kier alpha value is -3.85. The molecule has 3 aromatic heterocycles. The molecule has 1 atom stereocenters. The van der Waals surface area contributed by atoms with Crippen LogP contribution in [0.4, 0.5) is 10.2 Å². The van der Waals surface area contributed by atoms with Crippen LogP contribution in [0.1, 0.15) is 12.6 Å². The number of pyridine rings is 2. The number of aryl methyl sites for hydroxylation is 1. The van der Waals surface area contributed by atoms with Crippen LogP contribution >= 0.6 is 0 Å². The van der Waals surface area contributed by atoms with Crippen LogP contribution in [-0.4, -0.2) is 56.8 Å². The predicted molar refractivity (Wildman–Crippen MR) is 125 cm³/mol. The van der Waals surface area contributed by atoms with E-state index in [4.69, 9.17) is 19.9 Å². The first kappa shape index (κ1) is 22.3. The van der Waals surface area contributed by atoms with Crippen LogP contribution in [0.5, 0.6) is 0 Å². The van der Waals surface area contributed by atoms with Crippen LogP contribution in [0.3, 0.4) is 0 Å². The summed E-state index contributed by atoms with van der Waals surface area (Å²) in [4.78, 5) is 24.8. The lowest BCUT2D eigenvalue weighted by Crippen LogP contribution is -2.49. The molecule has 5 rings (SSSR count). The van der Waals surface area contributed by atoms with Gasteiger partial charge in [-0.05, 0) is 62.4 Å². The smallest absolute Gasteiger partial charge is 0.290 e. The molecule has 1 saturated heterocycles. The van der Waals surface area contributed by atoms with E-state index in [1.54, 1.807) is 18.3 Å². The van der Waals surface area contributed by atoms with Gasteiger partial charge in [-0.2, -0.15) is 0 Å². The molecule has 0 bridgehead atoms. The van der Waals surface area contributed by atoms with E-state index >= 15 is 0 Å². The number of halogens is 1. The van der Waals surface area contributed by atoms with Crippen molar-refractivity contribution < 1.29 is 14.3 Å². The van der Waals surface area contributed by atoms with Gasteiger partial charge in [0.25, 0.3) is 6.47 Å². The minimum atomic E-state index is -0.269. The monoisotopic (exact) mass is 448 g/mol. The number of nitrogens with zero attached hydrogens (tertiary/aromatic N) is 5. The molecule has 9 heteroatoms. The molecule has 170 valence electrons. The molecule has 1 aromatic carbocycles. The van der Waals surface area contributed by atoms with Crippen LogP contribution in [0.15, 0.2) is 54.7 Å². The average Bonchev–Trinajstić information content (AvgIpc) is 3.19. The largest absolute Gasteiger partial charge is 0.483 e. The SMILES string of the molecule is Cc1cc(-n2c(-c3ccc(F)cc3)nc3ccc(N4CCN[C@H](C)C4)nc32)ccn1.O=CO. The van der Waals surface area contributed by atoms with E-state index in [9.17, 15) is 4.39 Å². The highest BCUT2D eigenvalue weighted by Crippen LogP contribution is 2.29. The number of rotatable bonds is 3. The molecule has 0 spiro atoms. The summed E-state index contributed by atoms with van der Waals surface area (Å²) in [5.74, 6) is 1.40. The summed E-state index contributed by atoms with van der Waals surface area (Å²) in [5.41, 5.74) is 4.26. The third-order valence-electron chi connectivity index (χ3n) is 5.42. The van der Waals surface area contributed by atoms with Crippen molar-refractivity contribution in [2.45, 2.75) is 19.9 Å². The molecule has 8 nitrogen and oxygen atoms in total. The molecule has 1 fully saturated rings. The van der Waals surface area contributed by atoms with E-state index in [1.807, 2.05) is 35.8 Å². The highest BCUT2D eigenvalue weighted by Gasteiger charge is 2.20. The van der Waals surface area contributed by atoms with Crippen molar-refractivity contribution in [1.29, 1.82) is 0 Å². The highest BCUT2D eigenvalue weighted by molar-refractivity contribution is 5.81. The molecule has 4 aromatic rings. The van der Waals surface area contributed by atoms with Gasteiger partial charge in [-0.25, -0.2) is 14.4 Å². The van der Waals surface area contributed by atoms with Crippen molar-refractivity contribution in [3.63, 3.8) is 0 Å². The summed E-state index contributed by atoms with van der Waals surface area (Å²) < 4.78 is 15.5. The van der Waals surface area contributed by atoms with Crippen molar-refractivity contribution in [2.75, 3.05) is 24.5 Å². The van der Waals surface area contributed by atoms with Gasteiger partial charge >= 0.3 is 0 Å². The standard InChI is InChI=1S/C23H23FN6.CH2O2/c1-15-13-19(9-10-25-15)30-22(17-3-5-18(24)6-4-17)27-20-7-8-21(28-23(20)30)29-12-11-26-16(2)14-29;2-1-3/h3-10,13,16,26H,11-12,14H2,1-2H3;1H,(H,2,3)/t16-;/m1./s1. The van der Waals surface area contributed by atoms with Crippen LogP contribution in [0.2, 0.25) is 0 Å². The molecular formula is C24H25FN6O2. The van der Waals surface area contributed by atoms with Crippen molar-refractivity contribution in [2.24, 2.45) is 0 Å². The second-order valence-electron chi connectivity index (χ2n) is 7.85. The maximum absolute atomic E-state index is 13.5. The number of hydrogen-bond donors (Lipinski definition) is 2. The molecule has 33 heavy (non-hydrogen) atoms. The Bertz CT molecular complexity index is 1260. The van der Waals surface area contributed by atoms with E-state index in [0.717, 1.165) is 59.4 Å². The Kier molecular flexibility index (Phi) is 6.60. The number of carbonyl (C=O) groups is 1. The molecule has 1 aliphatic rings. The van der Waals surface area contributed by atoms with Crippen LogP contribution < -0.4 is 10.2 Å². The Balaban J connectivity index is 0.000000821. The molecule has 0 saturated carbocycles. The molecule has 1 aliphatic heterocycles. The molecule has 0 radical (unpaired) electrons. The normalized spacial score (nSPS) is 15.7. The second-order valence-corrected chi connectivity index (χ2v) is 7.85. The van der Waals surface area contributed by atoms with Crippen molar-refractivity contribution in [1.82, 2.24) is 24.8 Å². The fraction of sp³-hybridized carbons (Fsp3) is 0.250. The maximum Gasteiger partial charge on any atom is 0.290 e. The number of aromatic nitrogens is 4. The van der Waals surface area contributed by atoms with E-state index in [-0.39, 0.29) is 12.3 Å². The lowest BCUT2D eigenvalue weighted by molar-refractivity contribution is -0.122. The molecule has 0 amide bonds. The van der Waals surface area contributed by atoms with Crippen molar-refractivity contribution in [3.8, 4) is 17.1 Å². The molecule has 4 heterocycles. The van der Waals surface area contributed by atoms with E-state index in [2.05, 4.69) is 22.1 Å². The Morgan fingerprint density at radius 3 is 2.61 bits per heavy atom. The number of nitrogens with one attached hydrogen (secondary N) is 1. The molecule has 0 aliphatic carbocycles. The van der Waals surface area contributed by atoms with Gasteiger partial charge in [0.15, 0.2) is 5.65 Å². The van der Waals surface area contributed by atoms with Gasteiger partial charge < -0.3 is 15.3 Å². The van der Waals surface area contributed by atoms with E-state index in [1.165, 1.54) is 12.1 Å².